The van der Waals surface area contributed by atoms with Crippen molar-refractivity contribution in [1.82, 2.24) is 4.90 Å². The molecule has 0 saturated carbocycles. The van der Waals surface area contributed by atoms with Crippen LogP contribution in [0.25, 0.3) is 0 Å². The highest BCUT2D eigenvalue weighted by molar-refractivity contribution is 7.92. The fourth-order valence-electron chi connectivity index (χ4n) is 3.07. The predicted octanol–water partition coefficient (Wildman–Crippen LogP) is 3.17. The van der Waals surface area contributed by atoms with Gasteiger partial charge in [-0.2, -0.15) is 0 Å². The van der Waals surface area contributed by atoms with E-state index in [1.54, 1.807) is 51.4 Å². The minimum atomic E-state index is -3.71. The molecule has 1 amide bonds. The lowest BCUT2D eigenvalue weighted by Crippen LogP contribution is -2.48. The normalized spacial score (nSPS) is 12.2. The number of methoxy groups -OCH3 is 2. The Bertz CT molecular complexity index is 981. The minimum Gasteiger partial charge on any atom is -0.493 e. The summed E-state index contributed by atoms with van der Waals surface area (Å²) >= 11 is 6.01. The number of amides is 1. The standard InChI is InChI=1S/C20H25ClN2O5S/c1-14(23(29(5,25)26)17-8-6-7-16(21)12-17)20(24)22(2)13-15-9-10-18(27-3)19(11-15)28-4/h6-12,14H,13H2,1-5H3/t14-/m1/s1. The van der Waals surface area contributed by atoms with Gasteiger partial charge < -0.3 is 14.4 Å². The number of hydrogen-bond acceptors (Lipinski definition) is 5. The Morgan fingerprint density at radius 3 is 2.31 bits per heavy atom. The second-order valence-corrected chi connectivity index (χ2v) is 8.89. The van der Waals surface area contributed by atoms with Gasteiger partial charge in [0.2, 0.25) is 15.9 Å². The maximum atomic E-state index is 13.0. The monoisotopic (exact) mass is 440 g/mol. The predicted molar refractivity (Wildman–Crippen MR) is 114 cm³/mol. The van der Waals surface area contributed by atoms with Gasteiger partial charge in [-0.1, -0.05) is 23.7 Å². The van der Waals surface area contributed by atoms with Crippen molar-refractivity contribution in [3.63, 3.8) is 0 Å². The van der Waals surface area contributed by atoms with Crippen LogP contribution in [0.2, 0.25) is 5.02 Å². The fraction of sp³-hybridized carbons (Fsp3) is 0.350. The molecule has 7 nitrogen and oxygen atoms in total. The van der Waals surface area contributed by atoms with Gasteiger partial charge in [-0.25, -0.2) is 8.42 Å². The van der Waals surface area contributed by atoms with Crippen molar-refractivity contribution >= 4 is 33.2 Å². The first-order valence-electron chi connectivity index (χ1n) is 8.79. The van der Waals surface area contributed by atoms with Crippen LogP contribution in [-0.2, 0) is 21.4 Å². The van der Waals surface area contributed by atoms with Crippen LogP contribution < -0.4 is 13.8 Å². The average molecular weight is 441 g/mol. The lowest BCUT2D eigenvalue weighted by atomic mass is 10.1. The molecule has 0 N–H and O–H groups in total. The third-order valence-corrected chi connectivity index (χ3v) is 5.85. The highest BCUT2D eigenvalue weighted by atomic mass is 35.5. The van der Waals surface area contributed by atoms with Crippen LogP contribution in [0.5, 0.6) is 11.5 Å². The molecule has 0 aromatic heterocycles. The molecule has 2 rings (SSSR count). The van der Waals surface area contributed by atoms with E-state index in [9.17, 15) is 13.2 Å². The lowest BCUT2D eigenvalue weighted by molar-refractivity contribution is -0.131. The van der Waals surface area contributed by atoms with Crippen molar-refractivity contribution < 1.29 is 22.7 Å². The van der Waals surface area contributed by atoms with Gasteiger partial charge in [0, 0.05) is 18.6 Å². The maximum absolute atomic E-state index is 13.0. The van der Waals surface area contributed by atoms with Gasteiger partial charge in [0.15, 0.2) is 11.5 Å². The number of carbonyl (C=O) groups excluding carboxylic acids is 1. The van der Waals surface area contributed by atoms with Gasteiger partial charge in [0.25, 0.3) is 0 Å². The molecule has 9 heteroatoms. The number of carbonyl (C=O) groups is 1. The van der Waals surface area contributed by atoms with Gasteiger partial charge in [-0.3, -0.25) is 9.10 Å². The number of benzene rings is 2. The highest BCUT2D eigenvalue weighted by Crippen LogP contribution is 2.28. The Morgan fingerprint density at radius 1 is 1.10 bits per heavy atom. The third kappa shape index (κ3) is 5.55. The van der Waals surface area contributed by atoms with Crippen LogP contribution in [-0.4, -0.2) is 52.8 Å². The smallest absolute Gasteiger partial charge is 0.246 e. The number of sulfonamides is 1. The molecule has 2 aromatic rings. The summed E-state index contributed by atoms with van der Waals surface area (Å²) in [6.07, 6.45) is 1.06. The Labute approximate surface area is 176 Å². The molecule has 158 valence electrons. The number of halogens is 1. The molecule has 0 heterocycles. The summed E-state index contributed by atoms with van der Waals surface area (Å²) in [7, 11) is 0.986. The van der Waals surface area contributed by atoms with Crippen molar-refractivity contribution in [2.45, 2.75) is 19.5 Å². The van der Waals surface area contributed by atoms with E-state index in [1.165, 1.54) is 18.1 Å². The van der Waals surface area contributed by atoms with E-state index in [2.05, 4.69) is 0 Å². The number of likely N-dealkylation sites (N-methyl/N-ethyl adjacent to an activating group) is 1. The van der Waals surface area contributed by atoms with E-state index in [4.69, 9.17) is 21.1 Å². The molecular weight excluding hydrogens is 416 g/mol. The van der Waals surface area contributed by atoms with Gasteiger partial charge in [-0.05, 0) is 42.8 Å². The molecule has 1 atom stereocenters. The summed E-state index contributed by atoms with van der Waals surface area (Å²) in [6.45, 7) is 1.83. The molecule has 0 unspecified atom stereocenters. The van der Waals surface area contributed by atoms with Crippen LogP contribution >= 0.6 is 11.6 Å². The molecular formula is C20H25ClN2O5S. The molecule has 29 heavy (non-hydrogen) atoms. The SMILES string of the molecule is COc1ccc(CN(C)C(=O)[C@@H](C)N(c2cccc(Cl)c2)S(C)(=O)=O)cc1OC. The fourth-order valence-corrected chi connectivity index (χ4v) is 4.41. The topological polar surface area (TPSA) is 76.2 Å². The van der Waals surface area contributed by atoms with E-state index in [1.807, 2.05) is 6.07 Å². The average Bonchev–Trinajstić information content (AvgIpc) is 2.66. The zero-order valence-electron chi connectivity index (χ0n) is 17.0. The van der Waals surface area contributed by atoms with Crippen molar-refractivity contribution in [2.75, 3.05) is 31.8 Å². The number of ether oxygens (including phenoxy) is 2. The quantitative estimate of drug-likeness (QED) is 0.630. The second kappa shape index (κ2) is 9.37. The zero-order valence-corrected chi connectivity index (χ0v) is 18.6. The van der Waals surface area contributed by atoms with Crippen molar-refractivity contribution in [2.24, 2.45) is 0 Å². The number of nitrogens with zero attached hydrogens (tertiary/aromatic N) is 2. The van der Waals surface area contributed by atoms with E-state index in [0.29, 0.717) is 22.2 Å². The first-order valence-corrected chi connectivity index (χ1v) is 11.0. The summed E-state index contributed by atoms with van der Waals surface area (Å²) < 4.78 is 36.4. The zero-order chi connectivity index (χ0) is 21.8. The van der Waals surface area contributed by atoms with Crippen LogP contribution in [0.15, 0.2) is 42.5 Å². The second-order valence-electron chi connectivity index (χ2n) is 6.60. The van der Waals surface area contributed by atoms with Crippen LogP contribution in [0.3, 0.4) is 0 Å². The number of anilines is 1. The van der Waals surface area contributed by atoms with Crippen molar-refractivity contribution in [3.8, 4) is 11.5 Å². The molecule has 0 aliphatic rings. The summed E-state index contributed by atoms with van der Waals surface area (Å²) in [4.78, 5) is 14.5. The molecule has 0 aliphatic heterocycles. The van der Waals surface area contributed by atoms with Gasteiger partial charge in [0.05, 0.1) is 26.2 Å². The Balaban J connectivity index is 2.26. The molecule has 0 spiro atoms. The van der Waals surface area contributed by atoms with Crippen LogP contribution in [0.1, 0.15) is 12.5 Å². The van der Waals surface area contributed by atoms with Gasteiger partial charge >= 0.3 is 0 Å². The molecule has 0 aliphatic carbocycles. The summed E-state index contributed by atoms with van der Waals surface area (Å²) in [6, 6.07) is 10.8. The van der Waals surface area contributed by atoms with E-state index in [-0.39, 0.29) is 12.5 Å². The molecule has 0 radical (unpaired) electrons. The van der Waals surface area contributed by atoms with Gasteiger partial charge in [-0.15, -0.1) is 0 Å². The first-order chi connectivity index (χ1) is 13.6. The number of hydrogen-bond donors (Lipinski definition) is 0. The summed E-state index contributed by atoms with van der Waals surface area (Å²) in [5.74, 6) is 0.781. The Morgan fingerprint density at radius 2 is 1.76 bits per heavy atom. The van der Waals surface area contributed by atoms with Crippen LogP contribution in [0.4, 0.5) is 5.69 Å². The molecule has 0 bridgehead atoms. The number of rotatable bonds is 8. The van der Waals surface area contributed by atoms with Crippen molar-refractivity contribution in [3.05, 3.63) is 53.1 Å². The van der Waals surface area contributed by atoms with Crippen molar-refractivity contribution in [1.29, 1.82) is 0 Å². The molecule has 0 fully saturated rings. The van der Waals surface area contributed by atoms with E-state index in [0.717, 1.165) is 16.1 Å². The summed E-state index contributed by atoms with van der Waals surface area (Å²) in [5.41, 5.74) is 1.15. The molecule has 0 saturated heterocycles. The Hall–Kier alpha value is -2.45. The largest absolute Gasteiger partial charge is 0.493 e. The lowest BCUT2D eigenvalue weighted by Gasteiger charge is -2.31. The highest BCUT2D eigenvalue weighted by Gasteiger charge is 2.31. The molecule has 2 aromatic carbocycles. The van der Waals surface area contributed by atoms with Gasteiger partial charge in [0.1, 0.15) is 6.04 Å². The van der Waals surface area contributed by atoms with Crippen LogP contribution in [0, 0.1) is 0 Å². The first kappa shape index (κ1) is 22.8. The Kier molecular flexibility index (Phi) is 7.37. The maximum Gasteiger partial charge on any atom is 0.246 e. The third-order valence-electron chi connectivity index (χ3n) is 4.37. The van der Waals surface area contributed by atoms with E-state index >= 15 is 0 Å². The summed E-state index contributed by atoms with van der Waals surface area (Å²) in [5, 5.41) is 0.384. The van der Waals surface area contributed by atoms with E-state index < -0.39 is 16.1 Å². The minimum absolute atomic E-state index is 0.274.